The quantitative estimate of drug-likeness (QED) is 0.324. The third kappa shape index (κ3) is 4.49. The van der Waals surface area contributed by atoms with E-state index in [1.54, 1.807) is 0 Å². The maximum Gasteiger partial charge on any atom is 0.306 e. The molecule has 8 heteroatoms. The molecule has 8 nitrogen and oxygen atoms in total. The minimum atomic E-state index is -0.499. The van der Waals surface area contributed by atoms with Crippen LogP contribution in [-0.4, -0.2) is 17.7 Å². The van der Waals surface area contributed by atoms with Crippen LogP contribution in [-0.2, 0) is 33.9 Å². The van der Waals surface area contributed by atoms with Crippen LogP contribution < -0.4 is 4.74 Å². The minimum absolute atomic E-state index is 0.0496. The van der Waals surface area contributed by atoms with Gasteiger partial charge in [0.25, 0.3) is 5.69 Å². The van der Waals surface area contributed by atoms with Gasteiger partial charge in [-0.2, -0.15) is 0 Å². The molecule has 1 aliphatic heterocycles. The molecule has 0 amide bonds. The van der Waals surface area contributed by atoms with E-state index in [0.29, 0.717) is 29.1 Å². The SMILES string of the molecule is O=C(CCc1ccc(-c2ccccc2)o1)OCc1cc([N+](=O)[O-])cc2c1OCOC2. The second kappa shape index (κ2) is 8.79. The van der Waals surface area contributed by atoms with Crippen molar-refractivity contribution in [1.82, 2.24) is 0 Å². The van der Waals surface area contributed by atoms with Gasteiger partial charge in [0.1, 0.15) is 23.9 Å². The summed E-state index contributed by atoms with van der Waals surface area (Å²) in [5.74, 6) is 1.46. The summed E-state index contributed by atoms with van der Waals surface area (Å²) in [5, 5.41) is 11.1. The Morgan fingerprint density at radius 2 is 1.97 bits per heavy atom. The fourth-order valence-corrected chi connectivity index (χ4v) is 3.22. The number of hydrogen-bond donors (Lipinski definition) is 0. The Labute approximate surface area is 172 Å². The molecular formula is C22H19NO7. The lowest BCUT2D eigenvalue weighted by Crippen LogP contribution is -2.15. The normalized spacial score (nSPS) is 12.7. The number of carbonyl (C=O) groups excluding carboxylic acids is 1. The molecule has 0 aliphatic carbocycles. The van der Waals surface area contributed by atoms with E-state index in [1.807, 2.05) is 42.5 Å². The Kier molecular flexibility index (Phi) is 5.76. The van der Waals surface area contributed by atoms with Crippen LogP contribution in [0, 0.1) is 10.1 Å². The summed E-state index contributed by atoms with van der Waals surface area (Å²) in [5.41, 5.74) is 1.87. The molecular weight excluding hydrogens is 390 g/mol. The maximum absolute atomic E-state index is 12.2. The summed E-state index contributed by atoms with van der Waals surface area (Å²) in [6.07, 6.45) is 0.520. The first-order valence-corrected chi connectivity index (χ1v) is 9.40. The van der Waals surface area contributed by atoms with E-state index in [0.717, 1.165) is 11.3 Å². The van der Waals surface area contributed by atoms with Crippen molar-refractivity contribution < 1.29 is 28.3 Å². The Morgan fingerprint density at radius 3 is 2.77 bits per heavy atom. The number of esters is 1. The third-order valence-corrected chi connectivity index (χ3v) is 4.67. The summed E-state index contributed by atoms with van der Waals surface area (Å²) in [6, 6.07) is 16.1. The monoisotopic (exact) mass is 409 g/mol. The van der Waals surface area contributed by atoms with E-state index < -0.39 is 10.9 Å². The number of nitrogens with zero attached hydrogens (tertiary/aromatic N) is 1. The molecule has 0 atom stereocenters. The van der Waals surface area contributed by atoms with Crippen molar-refractivity contribution in [3.63, 3.8) is 0 Å². The molecule has 0 bridgehead atoms. The smallest absolute Gasteiger partial charge is 0.306 e. The number of non-ortho nitro benzene ring substituents is 1. The zero-order chi connectivity index (χ0) is 20.9. The van der Waals surface area contributed by atoms with Gasteiger partial charge in [0.15, 0.2) is 6.79 Å². The molecule has 1 aliphatic rings. The van der Waals surface area contributed by atoms with Crippen molar-refractivity contribution in [3.05, 3.63) is 81.6 Å². The predicted molar refractivity (Wildman–Crippen MR) is 106 cm³/mol. The van der Waals surface area contributed by atoms with Crippen LogP contribution in [0.15, 0.2) is 59.0 Å². The third-order valence-electron chi connectivity index (χ3n) is 4.67. The molecule has 2 heterocycles. The lowest BCUT2D eigenvalue weighted by molar-refractivity contribution is -0.385. The number of benzene rings is 2. The highest BCUT2D eigenvalue weighted by molar-refractivity contribution is 5.70. The molecule has 1 aromatic heterocycles. The first-order chi connectivity index (χ1) is 14.6. The molecule has 0 spiro atoms. The topological polar surface area (TPSA) is 101 Å². The van der Waals surface area contributed by atoms with Gasteiger partial charge in [-0.1, -0.05) is 30.3 Å². The summed E-state index contributed by atoms with van der Waals surface area (Å²) in [7, 11) is 0. The summed E-state index contributed by atoms with van der Waals surface area (Å²) < 4.78 is 21.7. The highest BCUT2D eigenvalue weighted by atomic mass is 16.7. The lowest BCUT2D eigenvalue weighted by Gasteiger charge is -2.20. The van der Waals surface area contributed by atoms with Crippen molar-refractivity contribution in [3.8, 4) is 17.1 Å². The summed E-state index contributed by atoms with van der Waals surface area (Å²) >= 11 is 0. The van der Waals surface area contributed by atoms with Crippen LogP contribution in [0.2, 0.25) is 0 Å². The van der Waals surface area contributed by atoms with E-state index in [2.05, 4.69) is 0 Å². The Morgan fingerprint density at radius 1 is 1.13 bits per heavy atom. The van der Waals surface area contributed by atoms with Crippen LogP contribution in [0.1, 0.15) is 23.3 Å². The van der Waals surface area contributed by atoms with Crippen molar-refractivity contribution in [2.45, 2.75) is 26.1 Å². The minimum Gasteiger partial charge on any atom is -0.467 e. The van der Waals surface area contributed by atoms with Gasteiger partial charge < -0.3 is 18.6 Å². The van der Waals surface area contributed by atoms with Gasteiger partial charge >= 0.3 is 5.97 Å². The number of nitro benzene ring substituents is 1. The molecule has 3 aromatic rings. The standard InChI is InChI=1S/C22H19NO7/c24-21(9-7-19-6-8-20(30-19)15-4-2-1-3-5-15)28-13-17-11-18(23(25)26)10-16-12-27-14-29-22(16)17/h1-6,8,10-11H,7,9,12-14H2. The lowest BCUT2D eigenvalue weighted by atomic mass is 10.1. The van der Waals surface area contributed by atoms with Gasteiger partial charge in [-0.05, 0) is 12.1 Å². The van der Waals surface area contributed by atoms with Gasteiger partial charge in [0.2, 0.25) is 0 Å². The van der Waals surface area contributed by atoms with E-state index >= 15 is 0 Å². The number of nitro groups is 1. The summed E-state index contributed by atoms with van der Waals surface area (Å²) in [4.78, 5) is 22.8. The van der Waals surface area contributed by atoms with Gasteiger partial charge in [-0.15, -0.1) is 0 Å². The molecule has 0 saturated carbocycles. The molecule has 154 valence electrons. The molecule has 2 aromatic carbocycles. The number of rotatable bonds is 7. The Balaban J connectivity index is 1.36. The molecule has 0 radical (unpaired) electrons. The van der Waals surface area contributed by atoms with Crippen molar-refractivity contribution in [1.29, 1.82) is 0 Å². The molecule has 0 saturated heterocycles. The first kappa shape index (κ1) is 19.7. The van der Waals surface area contributed by atoms with Crippen LogP contribution >= 0.6 is 0 Å². The van der Waals surface area contributed by atoms with Crippen LogP contribution in [0.25, 0.3) is 11.3 Å². The van der Waals surface area contributed by atoms with Gasteiger partial charge in [-0.3, -0.25) is 14.9 Å². The molecule has 0 unspecified atom stereocenters. The predicted octanol–water partition coefficient (Wildman–Crippen LogP) is 4.40. The van der Waals surface area contributed by atoms with E-state index in [-0.39, 0.29) is 32.1 Å². The average molecular weight is 409 g/mol. The molecule has 0 N–H and O–H groups in total. The van der Waals surface area contributed by atoms with Crippen molar-refractivity contribution >= 4 is 11.7 Å². The number of furan rings is 1. The second-order valence-electron chi connectivity index (χ2n) is 6.75. The number of fused-ring (bicyclic) bond motifs is 1. The zero-order valence-corrected chi connectivity index (χ0v) is 16.0. The largest absolute Gasteiger partial charge is 0.467 e. The first-order valence-electron chi connectivity index (χ1n) is 9.40. The van der Waals surface area contributed by atoms with Crippen LogP contribution in [0.5, 0.6) is 5.75 Å². The number of ether oxygens (including phenoxy) is 3. The van der Waals surface area contributed by atoms with Crippen LogP contribution in [0.4, 0.5) is 5.69 Å². The van der Waals surface area contributed by atoms with E-state index in [9.17, 15) is 14.9 Å². The molecule has 4 rings (SSSR count). The fraction of sp³-hybridized carbons (Fsp3) is 0.227. The molecule has 30 heavy (non-hydrogen) atoms. The Bertz CT molecular complexity index is 1060. The van der Waals surface area contributed by atoms with Gasteiger partial charge in [0, 0.05) is 35.2 Å². The zero-order valence-electron chi connectivity index (χ0n) is 16.0. The van der Waals surface area contributed by atoms with E-state index in [4.69, 9.17) is 18.6 Å². The average Bonchev–Trinajstić information content (AvgIpc) is 3.25. The van der Waals surface area contributed by atoms with E-state index in [1.165, 1.54) is 12.1 Å². The number of aryl methyl sites for hydroxylation is 1. The number of carbonyl (C=O) groups is 1. The van der Waals surface area contributed by atoms with Crippen molar-refractivity contribution in [2.24, 2.45) is 0 Å². The summed E-state index contributed by atoms with van der Waals surface area (Å²) in [6.45, 7) is 0.143. The second-order valence-corrected chi connectivity index (χ2v) is 6.75. The Hall–Kier alpha value is -3.65. The fourth-order valence-electron chi connectivity index (χ4n) is 3.22. The highest BCUT2D eigenvalue weighted by Gasteiger charge is 2.22. The molecule has 0 fully saturated rings. The maximum atomic E-state index is 12.2. The van der Waals surface area contributed by atoms with Gasteiger partial charge in [0.05, 0.1) is 18.0 Å². The number of hydrogen-bond acceptors (Lipinski definition) is 7. The highest BCUT2D eigenvalue weighted by Crippen LogP contribution is 2.33. The van der Waals surface area contributed by atoms with Crippen molar-refractivity contribution in [2.75, 3.05) is 6.79 Å². The van der Waals surface area contributed by atoms with Gasteiger partial charge in [-0.25, -0.2) is 0 Å². The van der Waals surface area contributed by atoms with Crippen LogP contribution in [0.3, 0.4) is 0 Å².